The zero-order valence-electron chi connectivity index (χ0n) is 19.0. The van der Waals surface area contributed by atoms with Gasteiger partial charge in [-0.1, -0.05) is 12.1 Å². The summed E-state index contributed by atoms with van der Waals surface area (Å²) in [5.41, 5.74) is -3.03. The van der Waals surface area contributed by atoms with Gasteiger partial charge in [-0.2, -0.15) is 26.3 Å². The molecule has 5 nitrogen and oxygen atoms in total. The van der Waals surface area contributed by atoms with Crippen molar-refractivity contribution in [2.75, 3.05) is 13.7 Å². The number of hydrogen-bond acceptors (Lipinski definition) is 3. The normalized spacial score (nSPS) is 18.8. The average molecular weight is 502 g/mol. The number of nitrogens with zero attached hydrogens (tertiary/aromatic N) is 1. The van der Waals surface area contributed by atoms with Crippen molar-refractivity contribution >= 4 is 11.8 Å². The molecule has 2 unspecified atom stereocenters. The molecule has 1 fully saturated rings. The zero-order valence-corrected chi connectivity index (χ0v) is 19.0. The monoisotopic (exact) mass is 502 g/mol. The third-order valence-corrected chi connectivity index (χ3v) is 5.82. The van der Waals surface area contributed by atoms with Gasteiger partial charge in [0.2, 0.25) is 5.91 Å². The molecule has 190 valence electrons. The van der Waals surface area contributed by atoms with Crippen LogP contribution in [0.4, 0.5) is 26.3 Å². The van der Waals surface area contributed by atoms with Crippen molar-refractivity contribution in [3.8, 4) is 5.75 Å². The van der Waals surface area contributed by atoms with E-state index in [2.05, 4.69) is 5.32 Å². The fraction of sp³-hybridized carbons (Fsp3) is 0.417. The second-order valence-corrected chi connectivity index (χ2v) is 8.42. The highest BCUT2D eigenvalue weighted by Gasteiger charge is 2.39. The smallest absolute Gasteiger partial charge is 0.416 e. The first-order chi connectivity index (χ1) is 16.3. The van der Waals surface area contributed by atoms with Crippen LogP contribution in [0, 0.1) is 0 Å². The van der Waals surface area contributed by atoms with E-state index in [-0.39, 0.29) is 37.4 Å². The molecule has 2 aromatic rings. The van der Waals surface area contributed by atoms with E-state index in [1.165, 1.54) is 18.9 Å². The molecule has 3 rings (SSSR count). The van der Waals surface area contributed by atoms with Gasteiger partial charge in [0.15, 0.2) is 0 Å². The van der Waals surface area contributed by atoms with Gasteiger partial charge in [0.05, 0.1) is 18.2 Å². The molecule has 1 aliphatic rings. The summed E-state index contributed by atoms with van der Waals surface area (Å²) in [5, 5.41) is 2.78. The number of methoxy groups -OCH3 is 1. The molecular formula is C24H24F6N2O3. The fourth-order valence-electron chi connectivity index (χ4n) is 4.25. The van der Waals surface area contributed by atoms with E-state index < -0.39 is 41.0 Å². The minimum atomic E-state index is -5.06. The first-order valence-corrected chi connectivity index (χ1v) is 10.8. The van der Waals surface area contributed by atoms with Crippen LogP contribution < -0.4 is 10.1 Å². The number of carbonyl (C=O) groups is 2. The molecule has 0 radical (unpaired) electrons. The predicted molar refractivity (Wildman–Crippen MR) is 115 cm³/mol. The lowest BCUT2D eigenvalue weighted by Crippen LogP contribution is -2.52. The van der Waals surface area contributed by atoms with Crippen molar-refractivity contribution in [1.82, 2.24) is 10.2 Å². The number of rotatable bonds is 5. The Morgan fingerprint density at radius 1 is 1.03 bits per heavy atom. The molecule has 0 aliphatic carbocycles. The third kappa shape index (κ3) is 6.67. The molecule has 0 spiro atoms. The van der Waals surface area contributed by atoms with E-state index in [1.807, 2.05) is 0 Å². The largest absolute Gasteiger partial charge is 0.497 e. The van der Waals surface area contributed by atoms with Crippen LogP contribution in [0.1, 0.15) is 46.8 Å². The molecular weight excluding hydrogens is 478 g/mol. The van der Waals surface area contributed by atoms with E-state index in [1.54, 1.807) is 24.3 Å². The van der Waals surface area contributed by atoms with Crippen molar-refractivity contribution in [1.29, 1.82) is 0 Å². The Labute approximate surface area is 198 Å². The summed E-state index contributed by atoms with van der Waals surface area (Å²) in [6.45, 7) is 1.39. The van der Waals surface area contributed by atoms with E-state index >= 15 is 0 Å². The van der Waals surface area contributed by atoms with Crippen LogP contribution in [0.15, 0.2) is 42.5 Å². The van der Waals surface area contributed by atoms with Gasteiger partial charge in [0, 0.05) is 31.1 Å². The highest BCUT2D eigenvalue weighted by Crippen LogP contribution is 2.37. The number of halogens is 6. The SMILES string of the molecule is COc1cccc(CC2CC(NC(C)=O)CCN2C(=O)c2cc(C(F)(F)F)cc(C(F)(F)F)c2)c1. The van der Waals surface area contributed by atoms with Crippen LogP contribution in [0.3, 0.4) is 0 Å². The standard InChI is InChI=1S/C24H24F6N2O3/c1-14(33)31-19-6-7-32(20(13-19)8-15-4-3-5-21(9-15)35-2)22(34)16-10-17(23(25,26)27)12-18(11-16)24(28,29)30/h3-5,9-12,19-20H,6-8,13H2,1-2H3,(H,31,33). The molecule has 0 aromatic heterocycles. The van der Waals surface area contributed by atoms with Gasteiger partial charge in [0.25, 0.3) is 5.91 Å². The number of amides is 2. The Morgan fingerprint density at radius 3 is 2.20 bits per heavy atom. The summed E-state index contributed by atoms with van der Waals surface area (Å²) in [6, 6.07) is 6.97. The van der Waals surface area contributed by atoms with E-state index in [4.69, 9.17) is 4.74 Å². The maximum Gasteiger partial charge on any atom is 0.416 e. The summed E-state index contributed by atoms with van der Waals surface area (Å²) in [4.78, 5) is 26.1. The number of ether oxygens (including phenoxy) is 1. The lowest BCUT2D eigenvalue weighted by Gasteiger charge is -2.40. The van der Waals surface area contributed by atoms with Gasteiger partial charge >= 0.3 is 12.4 Å². The van der Waals surface area contributed by atoms with Crippen LogP contribution in [0.25, 0.3) is 0 Å². The lowest BCUT2D eigenvalue weighted by molar-refractivity contribution is -0.143. The van der Waals surface area contributed by atoms with Gasteiger partial charge < -0.3 is 15.0 Å². The molecule has 1 saturated heterocycles. The van der Waals surface area contributed by atoms with Gasteiger partial charge in [-0.3, -0.25) is 9.59 Å². The first-order valence-electron chi connectivity index (χ1n) is 10.8. The minimum Gasteiger partial charge on any atom is -0.497 e. The van der Waals surface area contributed by atoms with Crippen LogP contribution in [0.5, 0.6) is 5.75 Å². The molecule has 11 heteroatoms. The van der Waals surface area contributed by atoms with E-state index in [0.717, 1.165) is 5.56 Å². The second-order valence-electron chi connectivity index (χ2n) is 8.42. The number of carbonyl (C=O) groups excluding carboxylic acids is 2. The Bertz CT molecular complexity index is 1050. The quantitative estimate of drug-likeness (QED) is 0.580. The van der Waals surface area contributed by atoms with E-state index in [0.29, 0.717) is 24.3 Å². The maximum atomic E-state index is 13.3. The Balaban J connectivity index is 1.98. The number of alkyl halides is 6. The molecule has 2 atom stereocenters. The molecule has 2 aromatic carbocycles. The number of hydrogen-bond donors (Lipinski definition) is 1. The third-order valence-electron chi connectivity index (χ3n) is 5.82. The molecule has 0 saturated carbocycles. The highest BCUT2D eigenvalue weighted by atomic mass is 19.4. The van der Waals surface area contributed by atoms with Crippen LogP contribution in [-0.4, -0.2) is 42.5 Å². The summed E-state index contributed by atoms with van der Waals surface area (Å²) in [7, 11) is 1.48. The van der Waals surface area contributed by atoms with Gasteiger partial charge in [0.1, 0.15) is 5.75 Å². The van der Waals surface area contributed by atoms with Gasteiger partial charge in [-0.25, -0.2) is 0 Å². The fourth-order valence-corrected chi connectivity index (χ4v) is 4.25. The predicted octanol–water partition coefficient (Wildman–Crippen LogP) is 5.08. The molecule has 2 amide bonds. The Kier molecular flexibility index (Phi) is 7.66. The van der Waals surface area contributed by atoms with Crippen LogP contribution >= 0.6 is 0 Å². The summed E-state index contributed by atoms with van der Waals surface area (Å²) in [5.74, 6) is -0.652. The van der Waals surface area contributed by atoms with Crippen molar-refractivity contribution in [2.45, 2.75) is 50.6 Å². The van der Waals surface area contributed by atoms with Crippen molar-refractivity contribution in [2.24, 2.45) is 0 Å². The number of benzene rings is 2. The minimum absolute atomic E-state index is 0.00643. The zero-order chi connectivity index (χ0) is 26.0. The van der Waals surface area contributed by atoms with Crippen LogP contribution in [-0.2, 0) is 23.6 Å². The molecule has 35 heavy (non-hydrogen) atoms. The highest BCUT2D eigenvalue weighted by molar-refractivity contribution is 5.95. The van der Waals surface area contributed by atoms with Gasteiger partial charge in [-0.15, -0.1) is 0 Å². The Hall–Kier alpha value is -3.24. The number of likely N-dealkylation sites (tertiary alicyclic amines) is 1. The number of nitrogens with one attached hydrogen (secondary N) is 1. The van der Waals surface area contributed by atoms with Crippen molar-refractivity contribution in [3.63, 3.8) is 0 Å². The van der Waals surface area contributed by atoms with Crippen molar-refractivity contribution < 1.29 is 40.7 Å². The second kappa shape index (κ2) is 10.2. The lowest BCUT2D eigenvalue weighted by atomic mass is 9.91. The summed E-state index contributed by atoms with van der Waals surface area (Å²) in [6.07, 6.45) is -9.26. The van der Waals surface area contributed by atoms with Crippen LogP contribution in [0.2, 0.25) is 0 Å². The topological polar surface area (TPSA) is 58.6 Å². The first kappa shape index (κ1) is 26.4. The average Bonchev–Trinajstić information content (AvgIpc) is 2.77. The maximum absolute atomic E-state index is 13.3. The molecule has 1 N–H and O–H groups in total. The van der Waals surface area contributed by atoms with E-state index in [9.17, 15) is 35.9 Å². The molecule has 1 aliphatic heterocycles. The molecule has 0 bridgehead atoms. The Morgan fingerprint density at radius 2 is 1.66 bits per heavy atom. The summed E-state index contributed by atoms with van der Waals surface area (Å²) < 4.78 is 85.0. The van der Waals surface area contributed by atoms with Crippen molar-refractivity contribution in [3.05, 3.63) is 64.7 Å². The van der Waals surface area contributed by atoms with Gasteiger partial charge in [-0.05, 0) is 55.2 Å². The number of piperidine rings is 1. The summed E-state index contributed by atoms with van der Waals surface area (Å²) >= 11 is 0. The molecule has 1 heterocycles.